The van der Waals surface area contributed by atoms with Crippen LogP contribution >= 0.6 is 0 Å². The normalized spacial score (nSPS) is 11.3. The zero-order valence-corrected chi connectivity index (χ0v) is 11.0. The van der Waals surface area contributed by atoms with Crippen molar-refractivity contribution >= 4 is 23.6 Å². The number of rotatable bonds is 4. The molecule has 0 bridgehead atoms. The minimum atomic E-state index is -1.03. The minimum Gasteiger partial charge on any atom is -0.480 e. The van der Waals surface area contributed by atoms with E-state index in [1.807, 2.05) is 5.32 Å². The van der Waals surface area contributed by atoms with Crippen molar-refractivity contribution in [1.29, 1.82) is 0 Å². The first-order valence-corrected chi connectivity index (χ1v) is 5.60. The summed E-state index contributed by atoms with van der Waals surface area (Å²) >= 11 is 0. The Kier molecular flexibility index (Phi) is 4.90. The fourth-order valence-corrected chi connectivity index (χ4v) is 1.39. The van der Waals surface area contributed by atoms with E-state index in [4.69, 9.17) is 16.2 Å². The van der Waals surface area contributed by atoms with Gasteiger partial charge in [-0.3, -0.25) is 10.1 Å². The lowest BCUT2D eigenvalue weighted by atomic mass is 10.1. The van der Waals surface area contributed by atoms with Gasteiger partial charge in [0, 0.05) is 5.69 Å². The Morgan fingerprint density at radius 3 is 2.50 bits per heavy atom. The van der Waals surface area contributed by atoms with Crippen LogP contribution in [0, 0.1) is 0 Å². The topological polar surface area (TPSA) is 134 Å². The molecule has 1 atom stereocenters. The zero-order valence-electron chi connectivity index (χ0n) is 11.0. The molecule has 0 radical (unpaired) electrons. The maximum atomic E-state index is 11.6. The third-order valence-corrected chi connectivity index (χ3v) is 2.33. The fraction of sp³-hybridized carbons (Fsp3) is 0.250. The SMILES string of the molecule is COC(=O)c1cc(N)ccc1OC(C)C(=O)NC(N)=O. The van der Waals surface area contributed by atoms with E-state index in [0.29, 0.717) is 5.69 Å². The number of esters is 1. The van der Waals surface area contributed by atoms with Crippen molar-refractivity contribution in [2.24, 2.45) is 5.73 Å². The molecule has 8 nitrogen and oxygen atoms in total. The maximum absolute atomic E-state index is 11.6. The molecular weight excluding hydrogens is 266 g/mol. The third kappa shape index (κ3) is 3.87. The molecule has 1 rings (SSSR count). The molecule has 0 aliphatic rings. The smallest absolute Gasteiger partial charge is 0.341 e. The minimum absolute atomic E-state index is 0.0752. The molecule has 1 aromatic carbocycles. The monoisotopic (exact) mass is 281 g/mol. The molecule has 0 aliphatic heterocycles. The molecule has 0 fully saturated rings. The number of imide groups is 1. The number of amides is 3. The highest BCUT2D eigenvalue weighted by Crippen LogP contribution is 2.23. The number of carbonyl (C=O) groups excluding carboxylic acids is 3. The molecule has 5 N–H and O–H groups in total. The summed E-state index contributed by atoms with van der Waals surface area (Å²) in [4.78, 5) is 33.7. The molecule has 8 heteroatoms. The number of hydrogen-bond acceptors (Lipinski definition) is 6. The van der Waals surface area contributed by atoms with Crippen LogP contribution in [0.3, 0.4) is 0 Å². The van der Waals surface area contributed by atoms with Gasteiger partial charge in [-0.05, 0) is 25.1 Å². The van der Waals surface area contributed by atoms with Crippen LogP contribution in [-0.4, -0.2) is 31.1 Å². The Bertz CT molecular complexity index is 544. The number of hydrogen-bond donors (Lipinski definition) is 3. The van der Waals surface area contributed by atoms with Crippen molar-refractivity contribution in [3.63, 3.8) is 0 Å². The van der Waals surface area contributed by atoms with Crippen LogP contribution in [0.4, 0.5) is 10.5 Å². The molecule has 108 valence electrons. The lowest BCUT2D eigenvalue weighted by Gasteiger charge is -2.16. The molecule has 0 aromatic heterocycles. The van der Waals surface area contributed by atoms with Crippen molar-refractivity contribution in [1.82, 2.24) is 5.32 Å². The average Bonchev–Trinajstić information content (AvgIpc) is 2.38. The fourth-order valence-electron chi connectivity index (χ4n) is 1.39. The summed E-state index contributed by atoms with van der Waals surface area (Å²) in [5, 5.41) is 1.87. The van der Waals surface area contributed by atoms with E-state index in [1.165, 1.54) is 32.2 Å². The molecule has 1 aromatic rings. The van der Waals surface area contributed by atoms with E-state index in [2.05, 4.69) is 4.74 Å². The van der Waals surface area contributed by atoms with E-state index in [0.717, 1.165) is 0 Å². The summed E-state index contributed by atoms with van der Waals surface area (Å²) in [6.45, 7) is 1.40. The van der Waals surface area contributed by atoms with Crippen molar-refractivity contribution < 1.29 is 23.9 Å². The molecule has 0 heterocycles. The number of urea groups is 1. The van der Waals surface area contributed by atoms with E-state index in [1.54, 1.807) is 0 Å². The second kappa shape index (κ2) is 6.41. The average molecular weight is 281 g/mol. The number of nitrogen functional groups attached to an aromatic ring is 1. The van der Waals surface area contributed by atoms with Gasteiger partial charge in [0.25, 0.3) is 5.91 Å². The molecule has 0 saturated heterocycles. The predicted octanol–water partition coefficient (Wildman–Crippen LogP) is 0.0176. The Morgan fingerprint density at radius 2 is 1.95 bits per heavy atom. The second-order valence-corrected chi connectivity index (χ2v) is 3.86. The van der Waals surface area contributed by atoms with Crippen LogP contribution in [0.15, 0.2) is 18.2 Å². The number of nitrogens with one attached hydrogen (secondary N) is 1. The molecule has 0 spiro atoms. The van der Waals surface area contributed by atoms with Gasteiger partial charge in [-0.1, -0.05) is 0 Å². The first kappa shape index (κ1) is 15.3. The standard InChI is InChI=1S/C12H15N3O5/c1-6(10(16)15-12(14)18)20-9-4-3-7(13)5-8(9)11(17)19-2/h3-6H,13H2,1-2H3,(H3,14,15,16,18). The van der Waals surface area contributed by atoms with Crippen molar-refractivity contribution in [3.8, 4) is 5.75 Å². The number of methoxy groups -OCH3 is 1. The lowest BCUT2D eigenvalue weighted by Crippen LogP contribution is -2.42. The molecule has 0 aliphatic carbocycles. The largest absolute Gasteiger partial charge is 0.480 e. The summed E-state index contributed by atoms with van der Waals surface area (Å²) < 4.78 is 9.90. The van der Waals surface area contributed by atoms with Gasteiger partial charge >= 0.3 is 12.0 Å². The van der Waals surface area contributed by atoms with E-state index >= 15 is 0 Å². The molecule has 0 saturated carbocycles. The Hall–Kier alpha value is -2.77. The first-order chi connectivity index (χ1) is 9.35. The number of anilines is 1. The van der Waals surface area contributed by atoms with Gasteiger partial charge < -0.3 is 20.9 Å². The van der Waals surface area contributed by atoms with Gasteiger partial charge in [-0.15, -0.1) is 0 Å². The number of primary amides is 1. The number of nitrogens with two attached hydrogens (primary N) is 2. The van der Waals surface area contributed by atoms with Gasteiger partial charge in [-0.2, -0.15) is 0 Å². The van der Waals surface area contributed by atoms with Crippen LogP contribution in [-0.2, 0) is 9.53 Å². The lowest BCUT2D eigenvalue weighted by molar-refractivity contribution is -0.126. The summed E-state index contributed by atoms with van der Waals surface area (Å²) in [5.41, 5.74) is 10.8. The molecule has 3 amide bonds. The van der Waals surface area contributed by atoms with Gasteiger partial charge in [0.05, 0.1) is 7.11 Å². The van der Waals surface area contributed by atoms with Crippen LogP contribution in [0.1, 0.15) is 17.3 Å². The molecular formula is C12H15N3O5. The Labute approximate surface area is 115 Å². The highest BCUT2D eigenvalue weighted by atomic mass is 16.5. The zero-order chi connectivity index (χ0) is 15.3. The third-order valence-electron chi connectivity index (χ3n) is 2.33. The van der Waals surface area contributed by atoms with Gasteiger partial charge in [0.15, 0.2) is 6.10 Å². The van der Waals surface area contributed by atoms with E-state index in [9.17, 15) is 14.4 Å². The van der Waals surface area contributed by atoms with Gasteiger partial charge in [0.1, 0.15) is 11.3 Å². The summed E-state index contributed by atoms with van der Waals surface area (Å²) in [5.74, 6) is -1.28. The van der Waals surface area contributed by atoms with Crippen LogP contribution in [0.5, 0.6) is 5.75 Å². The first-order valence-electron chi connectivity index (χ1n) is 5.60. The second-order valence-electron chi connectivity index (χ2n) is 3.86. The Morgan fingerprint density at radius 1 is 1.30 bits per heavy atom. The van der Waals surface area contributed by atoms with Crippen molar-refractivity contribution in [2.75, 3.05) is 12.8 Å². The van der Waals surface area contributed by atoms with Crippen LogP contribution < -0.4 is 21.5 Å². The van der Waals surface area contributed by atoms with Gasteiger partial charge in [-0.25, -0.2) is 9.59 Å². The van der Waals surface area contributed by atoms with Gasteiger partial charge in [0.2, 0.25) is 0 Å². The molecule has 1 unspecified atom stereocenters. The quantitative estimate of drug-likeness (QED) is 0.526. The summed E-state index contributed by atoms with van der Waals surface area (Å²) in [6.07, 6.45) is -1.03. The highest BCUT2D eigenvalue weighted by Gasteiger charge is 2.20. The van der Waals surface area contributed by atoms with E-state index < -0.39 is 24.0 Å². The maximum Gasteiger partial charge on any atom is 0.341 e. The predicted molar refractivity (Wildman–Crippen MR) is 70.0 cm³/mol. The summed E-state index contributed by atoms with van der Waals surface area (Å²) in [6, 6.07) is 3.30. The number of carbonyl (C=O) groups is 3. The number of benzene rings is 1. The molecule has 20 heavy (non-hydrogen) atoms. The van der Waals surface area contributed by atoms with Crippen LogP contribution in [0.2, 0.25) is 0 Å². The highest BCUT2D eigenvalue weighted by molar-refractivity contribution is 5.96. The van der Waals surface area contributed by atoms with Crippen molar-refractivity contribution in [3.05, 3.63) is 23.8 Å². The van der Waals surface area contributed by atoms with Crippen molar-refractivity contribution in [2.45, 2.75) is 13.0 Å². The Balaban J connectivity index is 2.94. The summed E-state index contributed by atoms with van der Waals surface area (Å²) in [7, 11) is 1.21. The van der Waals surface area contributed by atoms with E-state index in [-0.39, 0.29) is 11.3 Å². The van der Waals surface area contributed by atoms with Crippen LogP contribution in [0.25, 0.3) is 0 Å². The number of ether oxygens (including phenoxy) is 2.